The lowest BCUT2D eigenvalue weighted by atomic mass is 10.1. The van der Waals surface area contributed by atoms with Crippen LogP contribution in [0.15, 0.2) is 48.5 Å². The normalized spacial score (nSPS) is 11.1. The molecule has 0 amide bonds. The van der Waals surface area contributed by atoms with Crippen LogP contribution in [0.25, 0.3) is 10.2 Å². The van der Waals surface area contributed by atoms with Gasteiger partial charge in [0.15, 0.2) is 0 Å². The smallest absolute Gasteiger partial charge is 0.343 e. The molecule has 0 N–H and O–H groups in total. The predicted octanol–water partition coefficient (Wildman–Crippen LogP) is 5.17. The number of carbonyl (C=O) groups excluding carboxylic acids is 1. The van der Waals surface area contributed by atoms with Gasteiger partial charge >= 0.3 is 5.97 Å². The third-order valence-electron chi connectivity index (χ3n) is 4.39. The van der Waals surface area contributed by atoms with Gasteiger partial charge in [0.2, 0.25) is 0 Å². The standard InChI is InChI=1S/C21H18ClN3O2S/c1-13-7-9-15(10-8-13)11-25-20(22)19(14(2)24-25)21(26)27-12-18-23-16-5-3-4-6-17(16)28-18/h3-10H,11-12H2,1-2H3. The molecular formula is C21H18ClN3O2S. The summed E-state index contributed by atoms with van der Waals surface area (Å²) >= 11 is 7.95. The Morgan fingerprint density at radius 1 is 1.14 bits per heavy atom. The highest BCUT2D eigenvalue weighted by Crippen LogP contribution is 2.25. The van der Waals surface area contributed by atoms with Crippen LogP contribution in [0, 0.1) is 13.8 Å². The fraction of sp³-hybridized carbons (Fsp3) is 0.190. The topological polar surface area (TPSA) is 57.0 Å². The summed E-state index contributed by atoms with van der Waals surface area (Å²) in [5, 5.41) is 5.44. The van der Waals surface area contributed by atoms with Crippen molar-refractivity contribution in [2.45, 2.75) is 27.0 Å². The number of aryl methyl sites for hydroxylation is 2. The van der Waals surface area contributed by atoms with Crippen molar-refractivity contribution in [1.82, 2.24) is 14.8 Å². The van der Waals surface area contributed by atoms with Crippen molar-refractivity contribution in [3.05, 3.63) is 81.1 Å². The maximum Gasteiger partial charge on any atom is 0.343 e. The molecule has 0 fully saturated rings. The van der Waals surface area contributed by atoms with Gasteiger partial charge < -0.3 is 4.74 Å². The van der Waals surface area contributed by atoms with Gasteiger partial charge in [-0.15, -0.1) is 11.3 Å². The molecule has 28 heavy (non-hydrogen) atoms. The van der Waals surface area contributed by atoms with Gasteiger partial charge in [-0.25, -0.2) is 14.5 Å². The van der Waals surface area contributed by atoms with E-state index >= 15 is 0 Å². The number of benzene rings is 2. The highest BCUT2D eigenvalue weighted by Gasteiger charge is 2.22. The molecule has 142 valence electrons. The number of thiazole rings is 1. The number of fused-ring (bicyclic) bond motifs is 1. The van der Waals surface area contributed by atoms with E-state index in [1.54, 1.807) is 11.6 Å². The molecule has 0 saturated heterocycles. The fourth-order valence-electron chi connectivity index (χ4n) is 2.94. The Kier molecular flexibility index (Phi) is 5.15. The quantitative estimate of drug-likeness (QED) is 0.425. The van der Waals surface area contributed by atoms with Crippen molar-refractivity contribution in [2.75, 3.05) is 0 Å². The molecule has 0 aliphatic heterocycles. The highest BCUT2D eigenvalue weighted by molar-refractivity contribution is 7.18. The molecule has 0 bridgehead atoms. The second-order valence-corrected chi connectivity index (χ2v) is 8.02. The molecule has 0 radical (unpaired) electrons. The summed E-state index contributed by atoms with van der Waals surface area (Å²) in [7, 11) is 0. The van der Waals surface area contributed by atoms with Gasteiger partial charge in [-0.3, -0.25) is 0 Å². The van der Waals surface area contributed by atoms with E-state index in [2.05, 4.69) is 10.1 Å². The van der Waals surface area contributed by atoms with Crippen molar-refractivity contribution in [2.24, 2.45) is 0 Å². The second-order valence-electron chi connectivity index (χ2n) is 6.55. The van der Waals surface area contributed by atoms with E-state index in [9.17, 15) is 4.79 Å². The molecule has 0 spiro atoms. The Morgan fingerprint density at radius 2 is 1.89 bits per heavy atom. The minimum Gasteiger partial charge on any atom is -0.455 e. The van der Waals surface area contributed by atoms with Crippen LogP contribution < -0.4 is 0 Å². The molecule has 0 aliphatic rings. The molecule has 5 nitrogen and oxygen atoms in total. The zero-order chi connectivity index (χ0) is 19.7. The van der Waals surface area contributed by atoms with E-state index in [0.717, 1.165) is 20.8 Å². The Hall–Kier alpha value is -2.70. The van der Waals surface area contributed by atoms with E-state index in [-0.39, 0.29) is 11.8 Å². The monoisotopic (exact) mass is 411 g/mol. The van der Waals surface area contributed by atoms with Gasteiger partial charge in [-0.1, -0.05) is 53.6 Å². The third-order valence-corrected chi connectivity index (χ3v) is 5.78. The van der Waals surface area contributed by atoms with Gasteiger partial charge in [0.05, 0.1) is 22.5 Å². The number of aromatic nitrogens is 3. The molecule has 2 heterocycles. The van der Waals surface area contributed by atoms with Crippen LogP contribution in [0.1, 0.15) is 32.2 Å². The first kappa shape index (κ1) is 18.7. The van der Waals surface area contributed by atoms with Crippen molar-refractivity contribution >= 4 is 39.1 Å². The Labute approximate surface area is 171 Å². The van der Waals surface area contributed by atoms with Crippen LogP contribution >= 0.6 is 22.9 Å². The maximum absolute atomic E-state index is 12.6. The van der Waals surface area contributed by atoms with Crippen LogP contribution in [0.2, 0.25) is 5.15 Å². The van der Waals surface area contributed by atoms with Gasteiger partial charge in [0.25, 0.3) is 0 Å². The molecule has 4 rings (SSSR count). The van der Waals surface area contributed by atoms with Crippen molar-refractivity contribution in [3.63, 3.8) is 0 Å². The zero-order valence-electron chi connectivity index (χ0n) is 15.5. The van der Waals surface area contributed by atoms with Crippen LogP contribution in [-0.2, 0) is 17.9 Å². The Balaban J connectivity index is 1.49. The van der Waals surface area contributed by atoms with Crippen molar-refractivity contribution < 1.29 is 9.53 Å². The van der Waals surface area contributed by atoms with E-state index in [0.29, 0.717) is 17.8 Å². The van der Waals surface area contributed by atoms with E-state index < -0.39 is 5.97 Å². The highest BCUT2D eigenvalue weighted by atomic mass is 35.5. The van der Waals surface area contributed by atoms with Crippen molar-refractivity contribution in [3.8, 4) is 0 Å². The SMILES string of the molecule is Cc1ccc(Cn2nc(C)c(C(=O)OCc3nc4ccccc4s3)c2Cl)cc1. The first-order valence-electron chi connectivity index (χ1n) is 8.81. The lowest BCUT2D eigenvalue weighted by Gasteiger charge is -2.05. The molecule has 7 heteroatoms. The first-order valence-corrected chi connectivity index (χ1v) is 10.0. The summed E-state index contributed by atoms with van der Waals surface area (Å²) in [5.41, 5.74) is 4.00. The molecule has 0 saturated carbocycles. The van der Waals surface area contributed by atoms with Gasteiger partial charge in [-0.2, -0.15) is 5.10 Å². The van der Waals surface area contributed by atoms with Gasteiger partial charge in [0.1, 0.15) is 22.3 Å². The maximum atomic E-state index is 12.6. The summed E-state index contributed by atoms with van der Waals surface area (Å²) < 4.78 is 8.14. The van der Waals surface area contributed by atoms with Crippen LogP contribution in [0.3, 0.4) is 0 Å². The number of halogens is 1. The minimum atomic E-state index is -0.489. The number of hydrogen-bond acceptors (Lipinski definition) is 5. The summed E-state index contributed by atoms with van der Waals surface area (Å²) in [5.74, 6) is -0.489. The molecule has 2 aromatic carbocycles. The molecule has 0 atom stereocenters. The summed E-state index contributed by atoms with van der Waals surface area (Å²) in [6.45, 7) is 4.39. The first-order chi connectivity index (χ1) is 13.5. The lowest BCUT2D eigenvalue weighted by Crippen LogP contribution is -2.07. The Bertz CT molecular complexity index is 1120. The third kappa shape index (κ3) is 3.79. The summed E-state index contributed by atoms with van der Waals surface area (Å²) in [6.07, 6.45) is 0. The summed E-state index contributed by atoms with van der Waals surface area (Å²) in [4.78, 5) is 17.1. The molecule has 4 aromatic rings. The number of nitrogens with zero attached hydrogens (tertiary/aromatic N) is 3. The van der Waals surface area contributed by atoms with Gasteiger partial charge in [0, 0.05) is 0 Å². The van der Waals surface area contributed by atoms with Crippen molar-refractivity contribution in [1.29, 1.82) is 0 Å². The van der Waals surface area contributed by atoms with Gasteiger partial charge in [-0.05, 0) is 31.5 Å². The largest absolute Gasteiger partial charge is 0.455 e. The fourth-order valence-corrected chi connectivity index (χ4v) is 4.13. The average Bonchev–Trinajstić information content (AvgIpc) is 3.22. The van der Waals surface area contributed by atoms with Crippen LogP contribution in [0.4, 0.5) is 0 Å². The number of ether oxygens (including phenoxy) is 1. The van der Waals surface area contributed by atoms with Crippen LogP contribution in [-0.4, -0.2) is 20.7 Å². The number of rotatable bonds is 5. The predicted molar refractivity (Wildman–Crippen MR) is 111 cm³/mol. The molecule has 2 aromatic heterocycles. The van der Waals surface area contributed by atoms with E-state index in [1.807, 2.05) is 55.5 Å². The number of hydrogen-bond donors (Lipinski definition) is 0. The molecular weight excluding hydrogens is 394 g/mol. The second kappa shape index (κ2) is 7.73. The number of para-hydroxylation sites is 1. The lowest BCUT2D eigenvalue weighted by molar-refractivity contribution is 0.0472. The minimum absolute atomic E-state index is 0.108. The molecule has 0 unspecified atom stereocenters. The van der Waals surface area contributed by atoms with E-state index in [4.69, 9.17) is 16.3 Å². The summed E-state index contributed by atoms with van der Waals surface area (Å²) in [6, 6.07) is 15.9. The zero-order valence-corrected chi connectivity index (χ0v) is 17.0. The average molecular weight is 412 g/mol. The number of carbonyl (C=O) groups is 1. The molecule has 0 aliphatic carbocycles. The Morgan fingerprint density at radius 3 is 2.64 bits per heavy atom. The van der Waals surface area contributed by atoms with E-state index in [1.165, 1.54) is 16.9 Å². The van der Waals surface area contributed by atoms with Crippen LogP contribution in [0.5, 0.6) is 0 Å². The number of esters is 1.